The van der Waals surface area contributed by atoms with E-state index >= 15 is 0 Å². The summed E-state index contributed by atoms with van der Waals surface area (Å²) in [7, 11) is 0. The van der Waals surface area contributed by atoms with Crippen LogP contribution in [0, 0.1) is 0 Å². The van der Waals surface area contributed by atoms with E-state index in [0.717, 1.165) is 12.8 Å². The van der Waals surface area contributed by atoms with Crippen molar-refractivity contribution >= 4 is 18.4 Å². The van der Waals surface area contributed by atoms with Crippen molar-refractivity contribution in [1.82, 2.24) is 0 Å². The van der Waals surface area contributed by atoms with Crippen molar-refractivity contribution in [3.63, 3.8) is 0 Å². The molecular weight excluding hydrogens is 322 g/mol. The van der Waals surface area contributed by atoms with E-state index in [1.165, 1.54) is 77.0 Å². The molecule has 2 N–H and O–H groups in total. The minimum absolute atomic E-state index is 0. The number of carbonyl (C=O) groups excluding carboxylic acids is 1. The first kappa shape index (κ1) is 26.0. The second-order valence-corrected chi connectivity index (χ2v) is 7.45. The maximum Gasteiger partial charge on any atom is 0.325 e. The summed E-state index contributed by atoms with van der Waals surface area (Å²) in [6.45, 7) is 6.14. The monoisotopic (exact) mass is 363 g/mol. The molecule has 0 bridgehead atoms. The number of hydrogen-bond acceptors (Lipinski definition) is 3. The molecule has 0 saturated carbocycles. The lowest BCUT2D eigenvalue weighted by Crippen LogP contribution is -2.42. The molecule has 3 nitrogen and oxygen atoms in total. The predicted octanol–water partition coefficient (Wildman–Crippen LogP) is 6.17. The number of halogens is 1. The number of rotatable bonds is 16. The van der Waals surface area contributed by atoms with Gasteiger partial charge in [-0.25, -0.2) is 0 Å². The number of nitrogens with two attached hydrogens (primary N) is 1. The number of unbranched alkanes of at least 4 members (excludes halogenated alkanes) is 13. The third-order valence-corrected chi connectivity index (χ3v) is 4.26. The number of ether oxygens (including phenoxy) is 1. The minimum atomic E-state index is -0.865. The zero-order valence-corrected chi connectivity index (χ0v) is 17.2. The maximum atomic E-state index is 11.5. The molecule has 0 aromatic heterocycles. The van der Waals surface area contributed by atoms with Crippen LogP contribution >= 0.6 is 12.4 Å². The van der Waals surface area contributed by atoms with Crippen LogP contribution in [0.1, 0.15) is 111 Å². The Labute approximate surface area is 156 Å². The lowest BCUT2D eigenvalue weighted by atomic mass is 10.0. The largest absolute Gasteiger partial charge is 0.464 e. The molecule has 0 saturated heterocycles. The molecule has 0 unspecified atom stereocenters. The van der Waals surface area contributed by atoms with Gasteiger partial charge in [0.15, 0.2) is 0 Å². The summed E-state index contributed by atoms with van der Waals surface area (Å²) in [6, 6.07) is 0. The van der Waals surface area contributed by atoms with Crippen molar-refractivity contribution in [2.24, 2.45) is 5.73 Å². The van der Waals surface area contributed by atoms with Crippen LogP contribution in [-0.4, -0.2) is 18.1 Å². The lowest BCUT2D eigenvalue weighted by Gasteiger charge is -2.16. The summed E-state index contributed by atoms with van der Waals surface area (Å²) >= 11 is 0. The summed E-state index contributed by atoms with van der Waals surface area (Å²) in [5.74, 6) is -0.299. The van der Waals surface area contributed by atoms with Gasteiger partial charge in [0.1, 0.15) is 5.54 Å². The molecule has 0 spiro atoms. The van der Waals surface area contributed by atoms with Crippen LogP contribution in [0.15, 0.2) is 0 Å². The summed E-state index contributed by atoms with van der Waals surface area (Å²) in [5, 5.41) is 0. The molecule has 0 aromatic carbocycles. The molecule has 0 amide bonds. The van der Waals surface area contributed by atoms with Crippen LogP contribution in [0.25, 0.3) is 0 Å². The first-order chi connectivity index (χ1) is 11.0. The molecule has 0 atom stereocenters. The molecule has 0 aliphatic rings. The minimum Gasteiger partial charge on any atom is -0.464 e. The fourth-order valence-electron chi connectivity index (χ4n) is 2.65. The Morgan fingerprint density at radius 2 is 1.08 bits per heavy atom. The van der Waals surface area contributed by atoms with E-state index in [2.05, 4.69) is 6.92 Å². The quantitative estimate of drug-likeness (QED) is 0.263. The van der Waals surface area contributed by atoms with Crippen LogP contribution in [0.2, 0.25) is 0 Å². The summed E-state index contributed by atoms with van der Waals surface area (Å²) in [6.07, 6.45) is 18.7. The van der Waals surface area contributed by atoms with Gasteiger partial charge in [0, 0.05) is 0 Å². The smallest absolute Gasteiger partial charge is 0.325 e. The highest BCUT2D eigenvalue weighted by atomic mass is 35.5. The van der Waals surface area contributed by atoms with E-state index in [1.807, 2.05) is 0 Å². The predicted molar refractivity (Wildman–Crippen MR) is 107 cm³/mol. The van der Waals surface area contributed by atoms with Crippen LogP contribution < -0.4 is 5.73 Å². The molecule has 0 radical (unpaired) electrons. The van der Waals surface area contributed by atoms with E-state index in [4.69, 9.17) is 10.5 Å². The average Bonchev–Trinajstić information content (AvgIpc) is 2.50. The highest BCUT2D eigenvalue weighted by molar-refractivity contribution is 5.85. The van der Waals surface area contributed by atoms with Crippen molar-refractivity contribution in [1.29, 1.82) is 0 Å². The van der Waals surface area contributed by atoms with Gasteiger partial charge < -0.3 is 10.5 Å². The Balaban J connectivity index is 0. The maximum absolute atomic E-state index is 11.5. The molecule has 0 aliphatic carbocycles. The van der Waals surface area contributed by atoms with Gasteiger partial charge in [0.2, 0.25) is 0 Å². The van der Waals surface area contributed by atoms with Gasteiger partial charge in [0.05, 0.1) is 6.61 Å². The van der Waals surface area contributed by atoms with Gasteiger partial charge in [-0.3, -0.25) is 4.79 Å². The van der Waals surface area contributed by atoms with E-state index in [0.29, 0.717) is 6.61 Å². The van der Waals surface area contributed by atoms with E-state index in [1.54, 1.807) is 13.8 Å². The molecule has 0 aromatic rings. The second-order valence-electron chi connectivity index (χ2n) is 7.45. The third-order valence-electron chi connectivity index (χ3n) is 4.26. The Morgan fingerprint density at radius 1 is 0.750 bits per heavy atom. The van der Waals surface area contributed by atoms with E-state index in [9.17, 15) is 4.79 Å². The van der Waals surface area contributed by atoms with Crippen LogP contribution in [0.4, 0.5) is 0 Å². The Bertz CT molecular complexity index is 277. The van der Waals surface area contributed by atoms with Crippen LogP contribution in [0.3, 0.4) is 0 Å². The van der Waals surface area contributed by atoms with Crippen LogP contribution in [-0.2, 0) is 9.53 Å². The van der Waals surface area contributed by atoms with Gasteiger partial charge in [0.25, 0.3) is 0 Å². The van der Waals surface area contributed by atoms with Gasteiger partial charge in [-0.15, -0.1) is 12.4 Å². The van der Waals surface area contributed by atoms with Gasteiger partial charge >= 0.3 is 5.97 Å². The standard InChI is InChI=1S/C20H41NO2.ClH/c1-4-5-6-7-8-9-10-11-12-13-14-15-16-17-18-23-19(22)20(2,3)21;/h4-18,21H2,1-3H3;1H. The number of carbonyl (C=O) groups is 1. The number of hydrogen-bond donors (Lipinski definition) is 1. The fraction of sp³-hybridized carbons (Fsp3) is 0.950. The molecule has 4 heteroatoms. The Kier molecular flexibility index (Phi) is 19.0. The second kappa shape index (κ2) is 17.5. The van der Waals surface area contributed by atoms with Crippen molar-refractivity contribution in [3.8, 4) is 0 Å². The molecule has 0 aliphatic heterocycles. The molecule has 0 fully saturated rings. The van der Waals surface area contributed by atoms with Gasteiger partial charge in [-0.2, -0.15) is 0 Å². The molecule has 24 heavy (non-hydrogen) atoms. The van der Waals surface area contributed by atoms with Gasteiger partial charge in [-0.1, -0.05) is 90.4 Å². The van der Waals surface area contributed by atoms with Crippen LogP contribution in [0.5, 0.6) is 0 Å². The highest BCUT2D eigenvalue weighted by Crippen LogP contribution is 2.13. The normalized spacial score (nSPS) is 11.2. The fourth-order valence-corrected chi connectivity index (χ4v) is 2.65. The molecule has 0 heterocycles. The van der Waals surface area contributed by atoms with Crippen molar-refractivity contribution in [2.45, 2.75) is 116 Å². The Hall–Kier alpha value is -0.280. The SMILES string of the molecule is CCCCCCCCCCCCCCCCOC(=O)C(C)(C)N.Cl. The zero-order valence-electron chi connectivity index (χ0n) is 16.4. The molecule has 146 valence electrons. The van der Waals surface area contributed by atoms with Crippen molar-refractivity contribution in [2.75, 3.05) is 6.61 Å². The summed E-state index contributed by atoms with van der Waals surface area (Å²) in [4.78, 5) is 11.5. The summed E-state index contributed by atoms with van der Waals surface area (Å²) in [5.41, 5.74) is 4.80. The lowest BCUT2D eigenvalue weighted by molar-refractivity contribution is -0.148. The average molecular weight is 364 g/mol. The topological polar surface area (TPSA) is 52.3 Å². The first-order valence-corrected chi connectivity index (χ1v) is 9.94. The molecular formula is C20H42ClNO2. The first-order valence-electron chi connectivity index (χ1n) is 9.94. The number of esters is 1. The Morgan fingerprint density at radius 3 is 1.42 bits per heavy atom. The van der Waals surface area contributed by atoms with Gasteiger partial charge in [-0.05, 0) is 20.3 Å². The van der Waals surface area contributed by atoms with Crippen molar-refractivity contribution < 1.29 is 9.53 Å². The van der Waals surface area contributed by atoms with E-state index in [-0.39, 0.29) is 18.4 Å². The third kappa shape index (κ3) is 18.1. The van der Waals surface area contributed by atoms with E-state index < -0.39 is 5.54 Å². The summed E-state index contributed by atoms with van der Waals surface area (Å²) < 4.78 is 5.15. The molecule has 0 rings (SSSR count). The highest BCUT2D eigenvalue weighted by Gasteiger charge is 2.23. The van der Waals surface area contributed by atoms with Crippen molar-refractivity contribution in [3.05, 3.63) is 0 Å². The zero-order chi connectivity index (χ0) is 17.4.